The molecule has 1 aliphatic heterocycles. The molecule has 0 spiro atoms. The molecule has 1 fully saturated rings. The van der Waals surface area contributed by atoms with E-state index in [4.69, 9.17) is 16.8 Å². The number of likely N-dealkylation sites (tertiary alicyclic amines) is 1. The van der Waals surface area contributed by atoms with Crippen molar-refractivity contribution in [2.45, 2.75) is 38.6 Å². The second-order valence-corrected chi connectivity index (χ2v) is 8.67. The first-order valence-electron chi connectivity index (χ1n) is 9.63. The van der Waals surface area contributed by atoms with Crippen molar-refractivity contribution >= 4 is 44.8 Å². The van der Waals surface area contributed by atoms with Crippen LogP contribution in [0.4, 0.5) is 0 Å². The highest BCUT2D eigenvalue weighted by atomic mass is 35.5. The second-order valence-electron chi connectivity index (χ2n) is 7.32. The van der Waals surface area contributed by atoms with Gasteiger partial charge in [-0.1, -0.05) is 11.6 Å². The molecule has 1 aromatic carbocycles. The topological polar surface area (TPSA) is 81.7 Å². The smallest absolute Gasteiger partial charge is 0.243 e. The summed E-state index contributed by atoms with van der Waals surface area (Å²) in [5.74, 6) is 0.307. The number of piperidine rings is 1. The van der Waals surface area contributed by atoms with Crippen LogP contribution >= 0.6 is 22.9 Å². The Kier molecular flexibility index (Phi) is 7.67. The molecule has 2 heterocycles. The fourth-order valence-electron chi connectivity index (χ4n) is 3.68. The third kappa shape index (κ3) is 5.91. The number of hydrogen-bond donors (Lipinski definition) is 3. The molecule has 0 aliphatic carbocycles. The number of hydrogen-bond acceptors (Lipinski definition) is 5. The Morgan fingerprint density at radius 1 is 1.25 bits per heavy atom. The fourth-order valence-corrected chi connectivity index (χ4v) is 4.80. The first-order valence-corrected chi connectivity index (χ1v) is 10.9. The number of amides is 2. The molecule has 0 radical (unpaired) electrons. The standard InChI is InChI=1S/C20H26ClN3O3S/c21-16-4-5-18-17(10-16)15(13-28-18)11-22-20(26)12-24-8-6-14(7-9-24)2-1-3-19(25)23-27/h4-5,10,13-14,27H,1-3,6-9,11-12H2,(H,22,26)(H,23,25). The Labute approximate surface area is 173 Å². The van der Waals surface area contributed by atoms with E-state index in [1.54, 1.807) is 16.8 Å². The summed E-state index contributed by atoms with van der Waals surface area (Å²) in [6.07, 6.45) is 4.22. The number of halogens is 1. The molecular weight excluding hydrogens is 398 g/mol. The summed E-state index contributed by atoms with van der Waals surface area (Å²) in [4.78, 5) is 25.6. The third-order valence-electron chi connectivity index (χ3n) is 5.31. The zero-order valence-electron chi connectivity index (χ0n) is 15.7. The predicted octanol–water partition coefficient (Wildman–Crippen LogP) is 3.56. The summed E-state index contributed by atoms with van der Waals surface area (Å²) < 4.78 is 1.17. The lowest BCUT2D eigenvalue weighted by molar-refractivity contribution is -0.129. The number of thiophene rings is 1. The Hall–Kier alpha value is -1.67. The second kappa shape index (κ2) is 10.2. The van der Waals surface area contributed by atoms with Crippen LogP contribution in [0.2, 0.25) is 5.02 Å². The number of nitrogens with one attached hydrogen (secondary N) is 2. The van der Waals surface area contributed by atoms with Crippen LogP contribution in [0.3, 0.4) is 0 Å². The number of hydroxylamine groups is 1. The summed E-state index contributed by atoms with van der Waals surface area (Å²) >= 11 is 7.75. The van der Waals surface area contributed by atoms with Crippen molar-refractivity contribution in [1.29, 1.82) is 0 Å². The van der Waals surface area contributed by atoms with Crippen molar-refractivity contribution in [3.05, 3.63) is 34.2 Å². The molecule has 152 valence electrons. The predicted molar refractivity (Wildman–Crippen MR) is 112 cm³/mol. The Morgan fingerprint density at radius 3 is 2.79 bits per heavy atom. The van der Waals surface area contributed by atoms with E-state index in [9.17, 15) is 9.59 Å². The fraction of sp³-hybridized carbons (Fsp3) is 0.500. The highest BCUT2D eigenvalue weighted by Gasteiger charge is 2.21. The van der Waals surface area contributed by atoms with Crippen LogP contribution in [-0.4, -0.2) is 41.6 Å². The normalized spacial score (nSPS) is 15.6. The third-order valence-corrected chi connectivity index (χ3v) is 6.55. The summed E-state index contributed by atoms with van der Waals surface area (Å²) in [6.45, 7) is 2.74. The quantitative estimate of drug-likeness (QED) is 0.448. The number of carbonyl (C=O) groups is 2. The maximum Gasteiger partial charge on any atom is 0.243 e. The molecule has 2 amide bonds. The molecule has 3 rings (SSSR count). The molecule has 3 N–H and O–H groups in total. The van der Waals surface area contributed by atoms with Crippen LogP contribution in [0.25, 0.3) is 10.1 Å². The zero-order chi connectivity index (χ0) is 19.9. The van der Waals surface area contributed by atoms with E-state index in [0.29, 0.717) is 30.5 Å². The molecule has 0 atom stereocenters. The van der Waals surface area contributed by atoms with E-state index < -0.39 is 0 Å². The summed E-state index contributed by atoms with van der Waals surface area (Å²) in [7, 11) is 0. The van der Waals surface area contributed by atoms with Gasteiger partial charge in [0.2, 0.25) is 11.8 Å². The highest BCUT2D eigenvalue weighted by Crippen LogP contribution is 2.28. The van der Waals surface area contributed by atoms with Crippen molar-refractivity contribution in [2.75, 3.05) is 19.6 Å². The van der Waals surface area contributed by atoms with Crippen LogP contribution in [-0.2, 0) is 16.1 Å². The van der Waals surface area contributed by atoms with Crippen LogP contribution in [0.5, 0.6) is 0 Å². The van der Waals surface area contributed by atoms with E-state index >= 15 is 0 Å². The molecule has 28 heavy (non-hydrogen) atoms. The molecule has 1 aromatic heterocycles. The van der Waals surface area contributed by atoms with Crippen LogP contribution in [0.15, 0.2) is 23.6 Å². The molecule has 2 aromatic rings. The minimum absolute atomic E-state index is 0.0412. The van der Waals surface area contributed by atoms with Gasteiger partial charge in [0, 0.05) is 22.7 Å². The van der Waals surface area contributed by atoms with Gasteiger partial charge >= 0.3 is 0 Å². The molecular formula is C20H26ClN3O3S. The number of carbonyl (C=O) groups excluding carboxylic acids is 2. The van der Waals surface area contributed by atoms with Gasteiger partial charge in [-0.2, -0.15) is 0 Å². The van der Waals surface area contributed by atoms with Gasteiger partial charge in [0.05, 0.1) is 6.54 Å². The van der Waals surface area contributed by atoms with Gasteiger partial charge in [0.15, 0.2) is 0 Å². The average Bonchev–Trinajstić information content (AvgIpc) is 3.09. The van der Waals surface area contributed by atoms with Crippen molar-refractivity contribution in [2.24, 2.45) is 5.92 Å². The molecule has 0 saturated carbocycles. The van der Waals surface area contributed by atoms with E-state index in [2.05, 4.69) is 15.6 Å². The van der Waals surface area contributed by atoms with Gasteiger partial charge in [-0.3, -0.25) is 19.7 Å². The van der Waals surface area contributed by atoms with Crippen molar-refractivity contribution in [1.82, 2.24) is 15.7 Å². The first kappa shape index (κ1) is 21.0. The van der Waals surface area contributed by atoms with E-state index in [-0.39, 0.29) is 11.8 Å². The number of nitrogens with zero attached hydrogens (tertiary/aromatic N) is 1. The number of fused-ring (bicyclic) bond motifs is 1. The lowest BCUT2D eigenvalue weighted by Gasteiger charge is -2.31. The highest BCUT2D eigenvalue weighted by molar-refractivity contribution is 7.17. The van der Waals surface area contributed by atoms with Crippen LogP contribution in [0, 0.1) is 5.92 Å². The van der Waals surface area contributed by atoms with E-state index in [1.165, 1.54) is 4.70 Å². The molecule has 1 aliphatic rings. The molecule has 8 heteroatoms. The van der Waals surface area contributed by atoms with Crippen molar-refractivity contribution in [3.8, 4) is 0 Å². The summed E-state index contributed by atoms with van der Waals surface area (Å²) in [6, 6.07) is 5.84. The molecule has 1 saturated heterocycles. The van der Waals surface area contributed by atoms with Crippen molar-refractivity contribution < 1.29 is 14.8 Å². The summed E-state index contributed by atoms with van der Waals surface area (Å²) in [5, 5.41) is 15.4. The van der Waals surface area contributed by atoms with Crippen LogP contribution in [0.1, 0.15) is 37.7 Å². The SMILES string of the molecule is O=C(CCCC1CCN(CC(=O)NCc2csc3ccc(Cl)cc23)CC1)NO. The number of benzene rings is 1. The van der Waals surface area contributed by atoms with E-state index in [1.807, 2.05) is 18.2 Å². The Morgan fingerprint density at radius 2 is 2.04 bits per heavy atom. The largest absolute Gasteiger partial charge is 0.351 e. The van der Waals surface area contributed by atoms with Gasteiger partial charge in [-0.05, 0) is 79.2 Å². The zero-order valence-corrected chi connectivity index (χ0v) is 17.3. The maximum atomic E-state index is 12.3. The first-order chi connectivity index (χ1) is 13.5. The van der Waals surface area contributed by atoms with Gasteiger partial charge in [-0.25, -0.2) is 5.48 Å². The average molecular weight is 424 g/mol. The number of rotatable bonds is 8. The lowest BCUT2D eigenvalue weighted by atomic mass is 9.91. The Bertz CT molecular complexity index is 818. The molecule has 6 nitrogen and oxygen atoms in total. The maximum absolute atomic E-state index is 12.3. The van der Waals surface area contributed by atoms with Gasteiger partial charge < -0.3 is 5.32 Å². The van der Waals surface area contributed by atoms with E-state index in [0.717, 1.165) is 49.7 Å². The molecule has 0 bridgehead atoms. The summed E-state index contributed by atoms with van der Waals surface area (Å²) in [5.41, 5.74) is 2.77. The monoisotopic (exact) mass is 423 g/mol. The minimum atomic E-state index is -0.324. The Balaban J connectivity index is 1.37. The lowest BCUT2D eigenvalue weighted by Crippen LogP contribution is -2.41. The van der Waals surface area contributed by atoms with Crippen molar-refractivity contribution in [3.63, 3.8) is 0 Å². The molecule has 0 unspecified atom stereocenters. The van der Waals surface area contributed by atoms with Gasteiger partial charge in [-0.15, -0.1) is 11.3 Å². The van der Waals surface area contributed by atoms with Gasteiger partial charge in [0.1, 0.15) is 0 Å². The van der Waals surface area contributed by atoms with Crippen LogP contribution < -0.4 is 10.8 Å². The minimum Gasteiger partial charge on any atom is -0.351 e. The van der Waals surface area contributed by atoms with Gasteiger partial charge in [0.25, 0.3) is 0 Å².